The molecule has 0 unspecified atom stereocenters. The summed E-state index contributed by atoms with van der Waals surface area (Å²) in [5.74, 6) is 0. The second-order valence-electron chi connectivity index (χ2n) is 5.17. The van der Waals surface area contributed by atoms with Gasteiger partial charge in [-0.2, -0.15) is 0 Å². The predicted octanol–water partition coefficient (Wildman–Crippen LogP) is 3.70. The maximum Gasteiger partial charge on any atom is 0.183 e. The van der Waals surface area contributed by atoms with Crippen molar-refractivity contribution in [2.75, 3.05) is 13.2 Å². The molecule has 0 aliphatic heterocycles. The first-order valence-corrected chi connectivity index (χ1v) is 9.42. The van der Waals surface area contributed by atoms with Crippen LogP contribution in [0.15, 0.2) is 11.8 Å². The molecule has 0 spiro atoms. The normalized spacial score (nSPS) is 17.7. The van der Waals surface area contributed by atoms with Crippen LogP contribution in [0.1, 0.15) is 32.1 Å². The van der Waals surface area contributed by atoms with Gasteiger partial charge in [0.2, 0.25) is 0 Å². The molecule has 0 heterocycles. The third-order valence-electron chi connectivity index (χ3n) is 2.48. The van der Waals surface area contributed by atoms with Gasteiger partial charge in [-0.25, -0.2) is 0 Å². The van der Waals surface area contributed by atoms with Crippen LogP contribution >= 0.6 is 0 Å². The summed E-state index contributed by atoms with van der Waals surface area (Å²) >= 11 is 0. The van der Waals surface area contributed by atoms with Crippen molar-refractivity contribution in [3.05, 3.63) is 11.8 Å². The lowest BCUT2D eigenvalue weighted by Crippen LogP contribution is -2.27. The van der Waals surface area contributed by atoms with Gasteiger partial charge in [-0.3, -0.25) is 0 Å². The molecule has 0 saturated heterocycles. The highest BCUT2D eigenvalue weighted by atomic mass is 28.4. The summed E-state index contributed by atoms with van der Waals surface area (Å²) in [5.41, 5.74) is 1.48. The van der Waals surface area contributed by atoms with E-state index in [-0.39, 0.29) is 0 Å². The second-order valence-corrected chi connectivity index (χ2v) is 9.68. The molecule has 1 aliphatic carbocycles. The highest BCUT2D eigenvalue weighted by Crippen LogP contribution is 2.22. The molecule has 1 saturated carbocycles. The molecule has 2 nitrogen and oxygen atoms in total. The molecule has 15 heavy (non-hydrogen) atoms. The van der Waals surface area contributed by atoms with Crippen molar-refractivity contribution in [1.82, 2.24) is 0 Å². The Morgan fingerprint density at radius 2 is 1.73 bits per heavy atom. The van der Waals surface area contributed by atoms with Gasteiger partial charge in [-0.1, -0.05) is 6.42 Å². The van der Waals surface area contributed by atoms with Gasteiger partial charge in [0.15, 0.2) is 8.32 Å². The fourth-order valence-corrected chi connectivity index (χ4v) is 2.39. The van der Waals surface area contributed by atoms with Crippen LogP contribution in [0.25, 0.3) is 0 Å². The molecule has 0 amide bonds. The van der Waals surface area contributed by atoms with Crippen molar-refractivity contribution in [1.29, 1.82) is 0 Å². The van der Waals surface area contributed by atoms with E-state index >= 15 is 0 Å². The minimum atomic E-state index is -1.35. The topological polar surface area (TPSA) is 18.5 Å². The minimum absolute atomic E-state index is 0.702. The van der Waals surface area contributed by atoms with E-state index in [9.17, 15) is 0 Å². The molecule has 0 bridgehead atoms. The first-order chi connectivity index (χ1) is 7.08. The lowest BCUT2D eigenvalue weighted by molar-refractivity contribution is 0.172. The number of hydrogen-bond acceptors (Lipinski definition) is 2. The zero-order valence-corrected chi connectivity index (χ0v) is 11.3. The molecule has 0 radical (unpaired) electrons. The van der Waals surface area contributed by atoms with Crippen LogP contribution in [-0.4, -0.2) is 21.5 Å². The SMILES string of the molecule is C[Si](C)(C)OCCOC=C1CCCCC1. The van der Waals surface area contributed by atoms with Crippen molar-refractivity contribution in [2.24, 2.45) is 0 Å². The monoisotopic (exact) mass is 228 g/mol. The van der Waals surface area contributed by atoms with E-state index in [0.717, 1.165) is 6.61 Å². The molecule has 0 aromatic heterocycles. The fourth-order valence-electron chi connectivity index (χ4n) is 1.70. The maximum absolute atomic E-state index is 5.70. The van der Waals surface area contributed by atoms with E-state index in [1.807, 2.05) is 6.26 Å². The molecule has 1 fully saturated rings. The van der Waals surface area contributed by atoms with Gasteiger partial charge in [0, 0.05) is 0 Å². The molecule has 1 aliphatic rings. The van der Waals surface area contributed by atoms with Crippen LogP contribution in [0.2, 0.25) is 19.6 Å². The largest absolute Gasteiger partial charge is 0.499 e. The molecule has 0 aromatic rings. The van der Waals surface area contributed by atoms with Crippen molar-refractivity contribution >= 4 is 8.32 Å². The highest BCUT2D eigenvalue weighted by molar-refractivity contribution is 6.69. The lowest BCUT2D eigenvalue weighted by Gasteiger charge is -2.17. The Labute approximate surface area is 94.8 Å². The van der Waals surface area contributed by atoms with Gasteiger partial charge in [-0.15, -0.1) is 0 Å². The summed E-state index contributed by atoms with van der Waals surface area (Å²) in [6.45, 7) is 8.04. The Kier molecular flexibility index (Phi) is 5.40. The first kappa shape index (κ1) is 12.8. The van der Waals surface area contributed by atoms with Crippen LogP contribution in [0.3, 0.4) is 0 Å². The Balaban J connectivity index is 2.05. The van der Waals surface area contributed by atoms with Crippen LogP contribution < -0.4 is 0 Å². The summed E-state index contributed by atoms with van der Waals surface area (Å²) in [6, 6.07) is 0. The van der Waals surface area contributed by atoms with Crippen LogP contribution in [0.4, 0.5) is 0 Å². The molecule has 0 N–H and O–H groups in total. The van der Waals surface area contributed by atoms with Gasteiger partial charge in [-0.05, 0) is 50.9 Å². The van der Waals surface area contributed by atoms with Gasteiger partial charge in [0.05, 0.1) is 12.9 Å². The summed E-state index contributed by atoms with van der Waals surface area (Å²) < 4.78 is 11.2. The molecule has 1 rings (SSSR count). The van der Waals surface area contributed by atoms with E-state index in [2.05, 4.69) is 19.6 Å². The zero-order chi connectivity index (χ0) is 11.1. The van der Waals surface area contributed by atoms with E-state index in [4.69, 9.17) is 9.16 Å². The second kappa shape index (κ2) is 6.33. The summed E-state index contributed by atoms with van der Waals surface area (Å²) in [7, 11) is -1.35. The molecule has 3 heteroatoms. The average Bonchev–Trinajstić information content (AvgIpc) is 2.17. The zero-order valence-electron chi connectivity index (χ0n) is 10.3. The van der Waals surface area contributed by atoms with Gasteiger partial charge < -0.3 is 9.16 Å². The number of allylic oxidation sites excluding steroid dienone is 1. The number of rotatable bonds is 5. The molecular formula is C12H24O2Si. The van der Waals surface area contributed by atoms with E-state index < -0.39 is 8.32 Å². The Morgan fingerprint density at radius 3 is 2.33 bits per heavy atom. The Hall–Kier alpha value is -0.283. The third-order valence-corrected chi connectivity index (χ3v) is 3.55. The molecule has 0 aromatic carbocycles. The van der Waals surface area contributed by atoms with E-state index in [1.165, 1.54) is 37.7 Å². The van der Waals surface area contributed by atoms with Crippen molar-refractivity contribution < 1.29 is 9.16 Å². The van der Waals surface area contributed by atoms with Crippen molar-refractivity contribution in [3.63, 3.8) is 0 Å². The lowest BCUT2D eigenvalue weighted by atomic mass is 9.96. The smallest absolute Gasteiger partial charge is 0.183 e. The standard InChI is InChI=1S/C12H24O2Si/c1-15(2,3)14-10-9-13-11-12-7-5-4-6-8-12/h11H,4-10H2,1-3H3. The summed E-state index contributed by atoms with van der Waals surface area (Å²) in [4.78, 5) is 0. The van der Waals surface area contributed by atoms with E-state index in [1.54, 1.807) is 0 Å². The summed E-state index contributed by atoms with van der Waals surface area (Å²) in [5, 5.41) is 0. The van der Waals surface area contributed by atoms with Gasteiger partial charge in [0.25, 0.3) is 0 Å². The minimum Gasteiger partial charge on any atom is -0.499 e. The van der Waals surface area contributed by atoms with Gasteiger partial charge in [0.1, 0.15) is 6.61 Å². The highest BCUT2D eigenvalue weighted by Gasteiger charge is 2.13. The fraction of sp³-hybridized carbons (Fsp3) is 0.833. The quantitative estimate of drug-likeness (QED) is 0.406. The van der Waals surface area contributed by atoms with Crippen LogP contribution in [-0.2, 0) is 9.16 Å². The van der Waals surface area contributed by atoms with E-state index in [0.29, 0.717) is 6.61 Å². The molecule has 0 atom stereocenters. The average molecular weight is 228 g/mol. The van der Waals surface area contributed by atoms with Crippen LogP contribution in [0.5, 0.6) is 0 Å². The van der Waals surface area contributed by atoms with Crippen molar-refractivity contribution in [2.45, 2.75) is 51.7 Å². The predicted molar refractivity (Wildman–Crippen MR) is 66.4 cm³/mol. The molecule has 88 valence electrons. The van der Waals surface area contributed by atoms with Gasteiger partial charge >= 0.3 is 0 Å². The number of hydrogen-bond donors (Lipinski definition) is 0. The maximum atomic E-state index is 5.70. The Bertz CT molecular complexity index is 198. The van der Waals surface area contributed by atoms with Crippen LogP contribution in [0, 0.1) is 0 Å². The molecular weight excluding hydrogens is 204 g/mol. The third kappa shape index (κ3) is 6.74. The van der Waals surface area contributed by atoms with Crippen molar-refractivity contribution in [3.8, 4) is 0 Å². The summed E-state index contributed by atoms with van der Waals surface area (Å²) in [6.07, 6.45) is 8.48. The Morgan fingerprint density at radius 1 is 1.07 bits per heavy atom. The number of ether oxygens (including phenoxy) is 1. The first-order valence-electron chi connectivity index (χ1n) is 6.01.